The molecule has 0 heterocycles. The Morgan fingerprint density at radius 1 is 1.13 bits per heavy atom. The van der Waals surface area contributed by atoms with E-state index in [2.05, 4.69) is 19.9 Å². The number of hydrogen-bond donors (Lipinski definition) is 1. The molecule has 3 nitrogen and oxygen atoms in total. The van der Waals surface area contributed by atoms with Crippen LogP contribution in [-0.2, 0) is 11.2 Å². The quantitative estimate of drug-likeness (QED) is 0.854. The van der Waals surface area contributed by atoms with Crippen molar-refractivity contribution >= 4 is 5.97 Å². The first kappa shape index (κ1) is 17.1. The SMILES string of the molecule is Cc1ccc(C[C@H](Oc2ccccc2C(C)C)C(=O)O)c(C)c1. The van der Waals surface area contributed by atoms with Crippen molar-refractivity contribution in [2.75, 3.05) is 0 Å². The second-order valence-electron chi connectivity index (χ2n) is 6.27. The molecule has 0 bridgehead atoms. The molecule has 23 heavy (non-hydrogen) atoms. The van der Waals surface area contributed by atoms with Gasteiger partial charge in [0.05, 0.1) is 0 Å². The summed E-state index contributed by atoms with van der Waals surface area (Å²) >= 11 is 0. The standard InChI is InChI=1S/C20H24O3/c1-13(2)17-7-5-6-8-18(17)23-19(20(21)22)12-16-10-9-14(3)11-15(16)4/h5-11,13,19H,12H2,1-4H3,(H,21,22)/t19-/m0/s1. The zero-order valence-electron chi connectivity index (χ0n) is 14.2. The van der Waals surface area contributed by atoms with Gasteiger partial charge in [-0.2, -0.15) is 0 Å². The lowest BCUT2D eigenvalue weighted by molar-refractivity contribution is -0.145. The number of carbonyl (C=O) groups is 1. The van der Waals surface area contributed by atoms with E-state index in [9.17, 15) is 9.90 Å². The molecule has 0 aliphatic carbocycles. The van der Waals surface area contributed by atoms with Gasteiger partial charge in [-0.05, 0) is 42.5 Å². The fraction of sp³-hybridized carbons (Fsp3) is 0.350. The van der Waals surface area contributed by atoms with E-state index >= 15 is 0 Å². The molecule has 3 heteroatoms. The first-order valence-electron chi connectivity index (χ1n) is 7.93. The molecule has 0 amide bonds. The van der Waals surface area contributed by atoms with Crippen LogP contribution < -0.4 is 4.74 Å². The Kier molecular flexibility index (Phi) is 5.43. The van der Waals surface area contributed by atoms with Gasteiger partial charge >= 0.3 is 5.97 Å². The zero-order chi connectivity index (χ0) is 17.0. The topological polar surface area (TPSA) is 46.5 Å². The van der Waals surface area contributed by atoms with Crippen LogP contribution >= 0.6 is 0 Å². The van der Waals surface area contributed by atoms with E-state index in [0.29, 0.717) is 12.2 Å². The number of hydrogen-bond acceptors (Lipinski definition) is 2. The van der Waals surface area contributed by atoms with Crippen LogP contribution in [-0.4, -0.2) is 17.2 Å². The maximum absolute atomic E-state index is 11.6. The van der Waals surface area contributed by atoms with Crippen LogP contribution in [0.5, 0.6) is 5.75 Å². The molecule has 0 unspecified atom stereocenters. The van der Waals surface area contributed by atoms with E-state index < -0.39 is 12.1 Å². The average Bonchev–Trinajstić information content (AvgIpc) is 2.49. The second-order valence-corrected chi connectivity index (χ2v) is 6.27. The summed E-state index contributed by atoms with van der Waals surface area (Å²) < 4.78 is 5.86. The Morgan fingerprint density at radius 3 is 2.43 bits per heavy atom. The van der Waals surface area contributed by atoms with E-state index in [-0.39, 0.29) is 5.92 Å². The molecular formula is C20H24O3. The molecular weight excluding hydrogens is 288 g/mol. The number of para-hydroxylation sites is 1. The third kappa shape index (κ3) is 4.35. The van der Waals surface area contributed by atoms with Crippen LogP contribution in [0, 0.1) is 13.8 Å². The van der Waals surface area contributed by atoms with Crippen molar-refractivity contribution in [1.82, 2.24) is 0 Å². The van der Waals surface area contributed by atoms with E-state index in [1.54, 1.807) is 0 Å². The van der Waals surface area contributed by atoms with Crippen LogP contribution in [0.25, 0.3) is 0 Å². The summed E-state index contributed by atoms with van der Waals surface area (Å²) in [6, 6.07) is 13.7. The van der Waals surface area contributed by atoms with Gasteiger partial charge in [-0.15, -0.1) is 0 Å². The molecule has 0 saturated carbocycles. The van der Waals surface area contributed by atoms with Crippen molar-refractivity contribution < 1.29 is 14.6 Å². The van der Waals surface area contributed by atoms with Gasteiger partial charge in [-0.25, -0.2) is 4.79 Å². The molecule has 0 aliphatic heterocycles. The van der Waals surface area contributed by atoms with Crippen LogP contribution in [0.4, 0.5) is 0 Å². The van der Waals surface area contributed by atoms with Gasteiger partial charge in [0.1, 0.15) is 5.75 Å². The number of benzene rings is 2. The molecule has 0 aromatic heterocycles. The Balaban J connectivity index is 2.25. The van der Waals surface area contributed by atoms with Crippen LogP contribution in [0.1, 0.15) is 42.0 Å². The Hall–Kier alpha value is -2.29. The number of ether oxygens (including phenoxy) is 1. The van der Waals surface area contributed by atoms with Gasteiger partial charge in [0.2, 0.25) is 0 Å². The summed E-state index contributed by atoms with van der Waals surface area (Å²) in [5, 5.41) is 9.55. The number of carboxylic acid groups (broad SMARTS) is 1. The molecule has 0 spiro atoms. The van der Waals surface area contributed by atoms with Crippen molar-refractivity contribution in [2.24, 2.45) is 0 Å². The first-order chi connectivity index (χ1) is 10.9. The fourth-order valence-electron chi connectivity index (χ4n) is 2.67. The molecule has 2 aromatic rings. The summed E-state index contributed by atoms with van der Waals surface area (Å²) in [4.78, 5) is 11.6. The third-order valence-electron chi connectivity index (χ3n) is 3.99. The monoisotopic (exact) mass is 312 g/mol. The highest BCUT2D eigenvalue weighted by atomic mass is 16.5. The van der Waals surface area contributed by atoms with Crippen molar-refractivity contribution in [3.8, 4) is 5.75 Å². The maximum atomic E-state index is 11.6. The minimum Gasteiger partial charge on any atom is -0.478 e. The van der Waals surface area contributed by atoms with Gasteiger partial charge in [0, 0.05) is 6.42 Å². The molecule has 1 N–H and O–H groups in total. The van der Waals surface area contributed by atoms with Crippen LogP contribution in [0.3, 0.4) is 0 Å². The van der Waals surface area contributed by atoms with Crippen LogP contribution in [0.2, 0.25) is 0 Å². The largest absolute Gasteiger partial charge is 0.478 e. The zero-order valence-corrected chi connectivity index (χ0v) is 14.2. The summed E-state index contributed by atoms with van der Waals surface area (Å²) in [6.45, 7) is 8.17. The molecule has 0 saturated heterocycles. The van der Waals surface area contributed by atoms with Gasteiger partial charge in [-0.3, -0.25) is 0 Å². The van der Waals surface area contributed by atoms with E-state index in [1.807, 2.05) is 50.2 Å². The van der Waals surface area contributed by atoms with Crippen LogP contribution in [0.15, 0.2) is 42.5 Å². The van der Waals surface area contributed by atoms with Gasteiger partial charge in [-0.1, -0.05) is 55.8 Å². The predicted octanol–water partition coefficient (Wildman–Crippen LogP) is 4.50. The smallest absolute Gasteiger partial charge is 0.345 e. The highest BCUT2D eigenvalue weighted by Gasteiger charge is 2.22. The Labute approximate surface area is 137 Å². The number of aliphatic carboxylic acids is 1. The van der Waals surface area contributed by atoms with Gasteiger partial charge in [0.25, 0.3) is 0 Å². The minimum absolute atomic E-state index is 0.279. The summed E-state index contributed by atoms with van der Waals surface area (Å²) in [6.07, 6.45) is -0.537. The van der Waals surface area contributed by atoms with E-state index in [4.69, 9.17) is 4.74 Å². The molecule has 2 aromatic carbocycles. The highest BCUT2D eigenvalue weighted by Crippen LogP contribution is 2.27. The van der Waals surface area contributed by atoms with Gasteiger partial charge in [0.15, 0.2) is 6.10 Å². The predicted molar refractivity (Wildman–Crippen MR) is 92.2 cm³/mol. The Bertz CT molecular complexity index is 689. The summed E-state index contributed by atoms with van der Waals surface area (Å²) in [5.74, 6) is -0.00930. The summed E-state index contributed by atoms with van der Waals surface area (Å²) in [7, 11) is 0. The molecule has 0 aliphatic rings. The lowest BCUT2D eigenvalue weighted by Gasteiger charge is -2.20. The normalized spacial score (nSPS) is 12.2. The third-order valence-corrected chi connectivity index (χ3v) is 3.99. The van der Waals surface area contributed by atoms with E-state index in [1.165, 1.54) is 5.56 Å². The number of carboxylic acids is 1. The number of aryl methyl sites for hydroxylation is 2. The van der Waals surface area contributed by atoms with Gasteiger partial charge < -0.3 is 9.84 Å². The Morgan fingerprint density at radius 2 is 1.83 bits per heavy atom. The van der Waals surface area contributed by atoms with E-state index in [0.717, 1.165) is 16.7 Å². The lowest BCUT2D eigenvalue weighted by Crippen LogP contribution is -2.30. The fourth-order valence-corrected chi connectivity index (χ4v) is 2.67. The van der Waals surface area contributed by atoms with Crippen molar-refractivity contribution in [3.05, 3.63) is 64.7 Å². The average molecular weight is 312 g/mol. The van der Waals surface area contributed by atoms with Crippen molar-refractivity contribution in [2.45, 2.75) is 46.1 Å². The lowest BCUT2D eigenvalue weighted by atomic mass is 9.99. The molecule has 0 fully saturated rings. The summed E-state index contributed by atoms with van der Waals surface area (Å²) in [5.41, 5.74) is 4.30. The molecule has 1 atom stereocenters. The molecule has 2 rings (SSSR count). The highest BCUT2D eigenvalue weighted by molar-refractivity contribution is 5.73. The maximum Gasteiger partial charge on any atom is 0.345 e. The first-order valence-corrected chi connectivity index (χ1v) is 7.93. The van der Waals surface area contributed by atoms with Crippen molar-refractivity contribution in [3.63, 3.8) is 0 Å². The number of rotatable bonds is 6. The van der Waals surface area contributed by atoms with Crippen molar-refractivity contribution in [1.29, 1.82) is 0 Å². The minimum atomic E-state index is -0.941. The second kappa shape index (κ2) is 7.32. The molecule has 122 valence electrons. The molecule has 0 radical (unpaired) electrons.